The van der Waals surface area contributed by atoms with Crippen molar-refractivity contribution in [2.75, 3.05) is 12.8 Å². The third-order valence-electron chi connectivity index (χ3n) is 3.45. The molecule has 0 spiro atoms. The molecule has 0 fully saturated rings. The van der Waals surface area contributed by atoms with Gasteiger partial charge in [-0.1, -0.05) is 6.07 Å². The van der Waals surface area contributed by atoms with Gasteiger partial charge in [-0.2, -0.15) is 5.10 Å². The first-order valence-corrected chi connectivity index (χ1v) is 6.34. The second-order valence-corrected chi connectivity index (χ2v) is 4.73. The number of hydrogen-bond donors (Lipinski definition) is 1. The first-order valence-electron chi connectivity index (χ1n) is 6.34. The Morgan fingerprint density at radius 3 is 2.60 bits per heavy atom. The van der Waals surface area contributed by atoms with E-state index in [2.05, 4.69) is 10.1 Å². The van der Waals surface area contributed by atoms with Crippen LogP contribution in [0.15, 0.2) is 30.5 Å². The number of aryl methyl sites for hydroxylation is 2. The molecule has 2 N–H and O–H groups in total. The quantitative estimate of drug-likeness (QED) is 0.775. The number of aromatic nitrogens is 3. The maximum Gasteiger partial charge on any atom is 0.145 e. The summed E-state index contributed by atoms with van der Waals surface area (Å²) in [6.07, 6.45) is 1.77. The van der Waals surface area contributed by atoms with Gasteiger partial charge < -0.3 is 10.5 Å². The number of anilines is 1. The SMILES string of the molecule is COc1ccc(-c2cnn(C)c2N)c2ccc(C)nc12. The third kappa shape index (κ3) is 1.79. The van der Waals surface area contributed by atoms with E-state index in [0.29, 0.717) is 5.82 Å². The minimum Gasteiger partial charge on any atom is -0.494 e. The van der Waals surface area contributed by atoms with Crippen LogP contribution in [0.5, 0.6) is 5.75 Å². The van der Waals surface area contributed by atoms with Gasteiger partial charge in [-0.25, -0.2) is 4.98 Å². The van der Waals surface area contributed by atoms with Gasteiger partial charge in [0.15, 0.2) is 0 Å². The fraction of sp³-hybridized carbons (Fsp3) is 0.200. The Balaban J connectivity index is 2.35. The van der Waals surface area contributed by atoms with Crippen molar-refractivity contribution in [2.24, 2.45) is 7.05 Å². The van der Waals surface area contributed by atoms with Crippen LogP contribution >= 0.6 is 0 Å². The summed E-state index contributed by atoms with van der Waals surface area (Å²) in [6, 6.07) is 7.93. The molecule has 20 heavy (non-hydrogen) atoms. The topological polar surface area (TPSA) is 66.0 Å². The number of rotatable bonds is 2. The van der Waals surface area contributed by atoms with E-state index in [1.807, 2.05) is 38.2 Å². The number of ether oxygens (including phenoxy) is 1. The first kappa shape index (κ1) is 12.5. The zero-order valence-corrected chi connectivity index (χ0v) is 11.7. The van der Waals surface area contributed by atoms with Crippen molar-refractivity contribution >= 4 is 16.7 Å². The summed E-state index contributed by atoms with van der Waals surface area (Å²) < 4.78 is 7.05. The summed E-state index contributed by atoms with van der Waals surface area (Å²) in [5, 5.41) is 5.21. The Bertz CT molecular complexity index is 792. The molecule has 0 amide bonds. The van der Waals surface area contributed by atoms with Gasteiger partial charge in [0.1, 0.15) is 17.1 Å². The van der Waals surface area contributed by atoms with Gasteiger partial charge in [-0.3, -0.25) is 4.68 Å². The van der Waals surface area contributed by atoms with Crippen LogP contribution in [-0.2, 0) is 7.05 Å². The monoisotopic (exact) mass is 268 g/mol. The first-order chi connectivity index (χ1) is 9.61. The molecular formula is C15H16N4O. The van der Waals surface area contributed by atoms with Crippen LogP contribution in [0.1, 0.15) is 5.69 Å². The summed E-state index contributed by atoms with van der Waals surface area (Å²) in [5.74, 6) is 1.40. The number of nitrogens with zero attached hydrogens (tertiary/aromatic N) is 3. The van der Waals surface area contributed by atoms with Gasteiger partial charge in [0, 0.05) is 23.7 Å². The van der Waals surface area contributed by atoms with Gasteiger partial charge >= 0.3 is 0 Å². The highest BCUT2D eigenvalue weighted by molar-refractivity contribution is 5.99. The Hall–Kier alpha value is -2.56. The molecular weight excluding hydrogens is 252 g/mol. The van der Waals surface area contributed by atoms with Crippen LogP contribution in [0, 0.1) is 6.92 Å². The average molecular weight is 268 g/mol. The number of fused-ring (bicyclic) bond motifs is 1. The lowest BCUT2D eigenvalue weighted by Gasteiger charge is -2.10. The molecule has 0 saturated carbocycles. The molecule has 0 aliphatic rings. The fourth-order valence-corrected chi connectivity index (χ4v) is 2.34. The van der Waals surface area contributed by atoms with Crippen LogP contribution in [0.3, 0.4) is 0 Å². The molecule has 2 heterocycles. The highest BCUT2D eigenvalue weighted by atomic mass is 16.5. The lowest BCUT2D eigenvalue weighted by atomic mass is 10.0. The number of pyridine rings is 1. The highest BCUT2D eigenvalue weighted by Gasteiger charge is 2.14. The van der Waals surface area contributed by atoms with E-state index in [4.69, 9.17) is 10.5 Å². The predicted molar refractivity (Wildman–Crippen MR) is 79.6 cm³/mol. The van der Waals surface area contributed by atoms with Crippen molar-refractivity contribution < 1.29 is 4.74 Å². The maximum absolute atomic E-state index is 6.07. The van der Waals surface area contributed by atoms with Gasteiger partial charge in [0.25, 0.3) is 0 Å². The molecule has 2 aromatic heterocycles. The van der Waals surface area contributed by atoms with E-state index < -0.39 is 0 Å². The van der Waals surface area contributed by atoms with Crippen molar-refractivity contribution in [3.05, 3.63) is 36.2 Å². The van der Waals surface area contributed by atoms with E-state index in [1.165, 1.54) is 0 Å². The zero-order chi connectivity index (χ0) is 14.3. The van der Waals surface area contributed by atoms with Crippen LogP contribution in [0.4, 0.5) is 5.82 Å². The second-order valence-electron chi connectivity index (χ2n) is 4.73. The van der Waals surface area contributed by atoms with Crippen molar-refractivity contribution in [1.29, 1.82) is 0 Å². The van der Waals surface area contributed by atoms with Gasteiger partial charge in [0.2, 0.25) is 0 Å². The van der Waals surface area contributed by atoms with Crippen LogP contribution in [0.25, 0.3) is 22.0 Å². The molecule has 0 bridgehead atoms. The van der Waals surface area contributed by atoms with E-state index in [0.717, 1.165) is 33.5 Å². The predicted octanol–water partition coefficient (Wildman–Crippen LogP) is 2.53. The van der Waals surface area contributed by atoms with E-state index in [9.17, 15) is 0 Å². The lowest BCUT2D eigenvalue weighted by Crippen LogP contribution is -1.98. The number of hydrogen-bond acceptors (Lipinski definition) is 4. The molecule has 5 heteroatoms. The molecule has 0 aliphatic carbocycles. The lowest BCUT2D eigenvalue weighted by molar-refractivity contribution is 0.419. The van der Waals surface area contributed by atoms with E-state index in [-0.39, 0.29) is 0 Å². The Labute approximate surface area is 117 Å². The number of nitrogens with two attached hydrogens (primary N) is 1. The summed E-state index contributed by atoms with van der Waals surface area (Å²) in [5.41, 5.74) is 9.79. The molecule has 1 aromatic carbocycles. The molecule has 3 rings (SSSR count). The molecule has 102 valence electrons. The standard InChI is InChI=1S/C15H16N4O/c1-9-4-5-11-10(12-8-17-19(2)15(12)16)6-7-13(20-3)14(11)18-9/h4-8H,16H2,1-3H3. The molecule has 0 radical (unpaired) electrons. The minimum absolute atomic E-state index is 0.636. The smallest absolute Gasteiger partial charge is 0.145 e. The zero-order valence-electron chi connectivity index (χ0n) is 11.7. The maximum atomic E-state index is 6.07. The third-order valence-corrected chi connectivity index (χ3v) is 3.45. The van der Waals surface area contributed by atoms with Crippen LogP contribution in [-0.4, -0.2) is 21.9 Å². The van der Waals surface area contributed by atoms with Gasteiger partial charge in [0.05, 0.1) is 13.3 Å². The normalized spacial score (nSPS) is 10.9. The highest BCUT2D eigenvalue weighted by Crippen LogP contribution is 2.35. The number of benzene rings is 1. The average Bonchev–Trinajstić information content (AvgIpc) is 2.77. The molecule has 0 unspecified atom stereocenters. The van der Waals surface area contributed by atoms with E-state index >= 15 is 0 Å². The summed E-state index contributed by atoms with van der Waals surface area (Å²) >= 11 is 0. The number of nitrogen functional groups attached to an aromatic ring is 1. The fourth-order valence-electron chi connectivity index (χ4n) is 2.34. The second kappa shape index (κ2) is 4.52. The largest absolute Gasteiger partial charge is 0.494 e. The van der Waals surface area contributed by atoms with Crippen LogP contribution < -0.4 is 10.5 Å². The molecule has 5 nitrogen and oxygen atoms in total. The van der Waals surface area contributed by atoms with Gasteiger partial charge in [-0.05, 0) is 30.7 Å². The molecule has 3 aromatic rings. The van der Waals surface area contributed by atoms with Crippen molar-refractivity contribution in [2.45, 2.75) is 6.92 Å². The minimum atomic E-state index is 0.636. The van der Waals surface area contributed by atoms with Crippen molar-refractivity contribution in [1.82, 2.24) is 14.8 Å². The van der Waals surface area contributed by atoms with Crippen LogP contribution in [0.2, 0.25) is 0 Å². The van der Waals surface area contributed by atoms with E-state index in [1.54, 1.807) is 18.0 Å². The number of methoxy groups -OCH3 is 1. The molecule has 0 saturated heterocycles. The Morgan fingerprint density at radius 2 is 1.95 bits per heavy atom. The van der Waals surface area contributed by atoms with Crippen molar-refractivity contribution in [3.8, 4) is 16.9 Å². The van der Waals surface area contributed by atoms with Gasteiger partial charge in [-0.15, -0.1) is 0 Å². The Kier molecular flexibility index (Phi) is 2.82. The molecule has 0 atom stereocenters. The molecule has 0 aliphatic heterocycles. The van der Waals surface area contributed by atoms with Crippen molar-refractivity contribution in [3.63, 3.8) is 0 Å². The summed E-state index contributed by atoms with van der Waals surface area (Å²) in [7, 11) is 3.48. The Morgan fingerprint density at radius 1 is 1.15 bits per heavy atom. The summed E-state index contributed by atoms with van der Waals surface area (Å²) in [4.78, 5) is 4.58. The summed E-state index contributed by atoms with van der Waals surface area (Å²) in [6.45, 7) is 1.96.